The van der Waals surface area contributed by atoms with E-state index in [0.29, 0.717) is 0 Å². The van der Waals surface area contributed by atoms with Crippen LogP contribution in [0.4, 0.5) is 0 Å². The van der Waals surface area contributed by atoms with Gasteiger partial charge in [0.05, 0.1) is 0 Å². The van der Waals surface area contributed by atoms with Crippen molar-refractivity contribution < 1.29 is 0 Å². The third-order valence-corrected chi connectivity index (χ3v) is 4.15. The Balaban J connectivity index is 2.26. The van der Waals surface area contributed by atoms with Crippen LogP contribution in [0.2, 0.25) is 16.8 Å². The molecule has 0 aromatic carbocycles. The second-order valence-electron chi connectivity index (χ2n) is 3.14. The molecule has 9 heavy (non-hydrogen) atoms. The van der Waals surface area contributed by atoms with Crippen LogP contribution in [0.25, 0.3) is 0 Å². The van der Waals surface area contributed by atoms with Gasteiger partial charge >= 0.3 is 62.0 Å². The molecule has 0 atom stereocenters. The Hall–Kier alpha value is 0.283. The summed E-state index contributed by atoms with van der Waals surface area (Å²) in [6, 6.07) is 0. The van der Waals surface area contributed by atoms with E-state index in [9.17, 15) is 0 Å². The fourth-order valence-electron chi connectivity index (χ4n) is 1.35. The van der Waals surface area contributed by atoms with Crippen LogP contribution in [0.5, 0.6) is 0 Å². The van der Waals surface area contributed by atoms with Gasteiger partial charge in [-0.1, -0.05) is 0 Å². The van der Waals surface area contributed by atoms with Gasteiger partial charge in [0, 0.05) is 0 Å². The Kier molecular flexibility index (Phi) is 2.83. The van der Waals surface area contributed by atoms with Crippen LogP contribution >= 0.6 is 0 Å². The summed E-state index contributed by atoms with van der Waals surface area (Å²) in [5, 5.41) is 1.50. The van der Waals surface area contributed by atoms with E-state index in [-0.39, 0.29) is 0 Å². The van der Waals surface area contributed by atoms with Crippen molar-refractivity contribution in [2.45, 2.75) is 36.0 Å². The molecule has 0 saturated carbocycles. The van der Waals surface area contributed by atoms with Crippen molar-refractivity contribution in [3.05, 3.63) is 11.6 Å². The zero-order valence-electron chi connectivity index (χ0n) is 6.41. The molecule has 0 unspecified atom stereocenters. The topological polar surface area (TPSA) is 0 Å². The van der Waals surface area contributed by atoms with Gasteiger partial charge < -0.3 is 0 Å². The maximum absolute atomic E-state index is 2.46. The molecule has 1 rings (SSSR count). The zero-order chi connectivity index (χ0) is 6.69. The molecule has 0 heterocycles. The summed E-state index contributed by atoms with van der Waals surface area (Å²) < 4.78 is 0. The van der Waals surface area contributed by atoms with Gasteiger partial charge in [-0.15, -0.1) is 0 Å². The van der Waals surface area contributed by atoms with Crippen molar-refractivity contribution in [3.63, 3.8) is 0 Å². The molecule has 0 nitrogen and oxygen atoms in total. The van der Waals surface area contributed by atoms with E-state index in [1.54, 1.807) is 5.57 Å². The van der Waals surface area contributed by atoms with Gasteiger partial charge in [0.2, 0.25) is 0 Å². The summed E-state index contributed by atoms with van der Waals surface area (Å²) in [7, 11) is 0. The molecule has 0 aromatic rings. The van der Waals surface area contributed by atoms with E-state index in [4.69, 9.17) is 0 Å². The van der Waals surface area contributed by atoms with Crippen LogP contribution in [-0.2, 0) is 0 Å². The predicted molar refractivity (Wildman–Crippen MR) is 44.2 cm³/mol. The molecule has 0 aliphatic heterocycles. The molecule has 0 saturated heterocycles. The number of rotatable bonds is 2. The van der Waals surface area contributed by atoms with E-state index in [0.717, 1.165) is 0 Å². The Morgan fingerprint density at radius 2 is 2.33 bits per heavy atom. The molecule has 0 bridgehead atoms. The van der Waals surface area contributed by atoms with Crippen molar-refractivity contribution in [2.24, 2.45) is 0 Å². The van der Waals surface area contributed by atoms with E-state index < -0.39 is 14.3 Å². The average molecular weight is 184 g/mol. The third kappa shape index (κ3) is 2.57. The first-order valence-corrected chi connectivity index (χ1v) is 9.44. The van der Waals surface area contributed by atoms with Crippen LogP contribution in [0, 0.1) is 0 Å². The summed E-state index contributed by atoms with van der Waals surface area (Å²) >= 11 is -0.522. The summed E-state index contributed by atoms with van der Waals surface area (Å²) in [5.41, 5.74) is 1.77. The molecule has 0 aromatic heterocycles. The molecule has 0 fully saturated rings. The summed E-state index contributed by atoms with van der Waals surface area (Å²) in [4.78, 5) is 0. The molecule has 1 aliphatic rings. The van der Waals surface area contributed by atoms with Crippen LogP contribution in [0.1, 0.15) is 19.3 Å². The molecule has 1 aliphatic carbocycles. The summed E-state index contributed by atoms with van der Waals surface area (Å²) in [6.45, 7) is 0. The summed E-state index contributed by atoms with van der Waals surface area (Å²) in [6.07, 6.45) is 6.67. The van der Waals surface area contributed by atoms with Crippen molar-refractivity contribution in [3.8, 4) is 0 Å². The summed E-state index contributed by atoms with van der Waals surface area (Å²) in [5.74, 6) is 4.92. The molecule has 0 spiro atoms. The quantitative estimate of drug-likeness (QED) is 0.457. The van der Waals surface area contributed by atoms with Crippen LogP contribution in [0.15, 0.2) is 11.6 Å². The Bertz CT molecular complexity index is 114. The zero-order valence-corrected chi connectivity index (χ0v) is 8.50. The SMILES string of the molecule is [CH3][Ge]([CH3])[CH2]C1=CCCC1. The molecular formula is C8H15Ge. The first-order valence-electron chi connectivity index (χ1n) is 3.76. The van der Waals surface area contributed by atoms with Gasteiger partial charge in [-0.3, -0.25) is 0 Å². The van der Waals surface area contributed by atoms with E-state index in [1.807, 2.05) is 0 Å². The average Bonchev–Trinajstić information content (AvgIpc) is 2.15. The van der Waals surface area contributed by atoms with E-state index in [2.05, 4.69) is 17.6 Å². The second-order valence-corrected chi connectivity index (χ2v) is 8.95. The number of hydrogen-bond donors (Lipinski definition) is 0. The van der Waals surface area contributed by atoms with Gasteiger partial charge in [-0.25, -0.2) is 0 Å². The fourth-order valence-corrected chi connectivity index (χ4v) is 3.93. The van der Waals surface area contributed by atoms with E-state index >= 15 is 0 Å². The van der Waals surface area contributed by atoms with Gasteiger partial charge in [0.15, 0.2) is 0 Å². The minimum absolute atomic E-state index is 0.522. The Morgan fingerprint density at radius 1 is 1.56 bits per heavy atom. The minimum atomic E-state index is -0.522. The number of hydrogen-bond acceptors (Lipinski definition) is 0. The van der Waals surface area contributed by atoms with Gasteiger partial charge in [0.1, 0.15) is 0 Å². The first-order chi connectivity index (χ1) is 4.29. The standard InChI is InChI=1S/C8H15Ge/c1-9(2)7-8-5-3-4-6-8/h5H,3-4,6-7H2,1-2H3. The van der Waals surface area contributed by atoms with Gasteiger partial charge in [-0.05, 0) is 0 Å². The molecule has 1 radical (unpaired) electrons. The van der Waals surface area contributed by atoms with E-state index in [1.165, 1.54) is 24.5 Å². The molecule has 1 heteroatoms. The fraction of sp³-hybridized carbons (Fsp3) is 0.750. The van der Waals surface area contributed by atoms with Crippen LogP contribution in [-0.4, -0.2) is 14.3 Å². The monoisotopic (exact) mass is 185 g/mol. The third-order valence-electron chi connectivity index (χ3n) is 1.72. The van der Waals surface area contributed by atoms with Crippen molar-refractivity contribution >= 4 is 14.3 Å². The second kappa shape index (κ2) is 3.45. The first kappa shape index (κ1) is 7.39. The van der Waals surface area contributed by atoms with Crippen LogP contribution in [0.3, 0.4) is 0 Å². The molecule has 0 amide bonds. The van der Waals surface area contributed by atoms with Crippen LogP contribution < -0.4 is 0 Å². The van der Waals surface area contributed by atoms with Crippen molar-refractivity contribution in [2.75, 3.05) is 0 Å². The maximum atomic E-state index is 2.46. The van der Waals surface area contributed by atoms with Gasteiger partial charge in [-0.2, -0.15) is 0 Å². The van der Waals surface area contributed by atoms with Crippen molar-refractivity contribution in [1.29, 1.82) is 0 Å². The van der Waals surface area contributed by atoms with Gasteiger partial charge in [0.25, 0.3) is 0 Å². The molecule has 0 N–H and O–H groups in total. The number of allylic oxidation sites excluding steroid dienone is 2. The molecular weight excluding hydrogens is 169 g/mol. The predicted octanol–water partition coefficient (Wildman–Crippen LogP) is 2.85. The Morgan fingerprint density at radius 3 is 2.78 bits per heavy atom. The normalized spacial score (nSPS) is 18.8. The van der Waals surface area contributed by atoms with Crippen molar-refractivity contribution in [1.82, 2.24) is 0 Å². The molecule has 51 valence electrons. The Labute approximate surface area is 62.4 Å².